The number of anilines is 1. The van der Waals surface area contributed by atoms with Crippen molar-refractivity contribution < 1.29 is 26.3 Å². The third-order valence-electron chi connectivity index (χ3n) is 6.39. The van der Waals surface area contributed by atoms with E-state index < -0.39 is 36.9 Å². The molecule has 37 heavy (non-hydrogen) atoms. The molecule has 200 valence electrons. The minimum absolute atomic E-state index is 0.00425. The summed E-state index contributed by atoms with van der Waals surface area (Å²) in [6, 6.07) is 5.06. The van der Waals surface area contributed by atoms with Gasteiger partial charge in [-0.05, 0) is 25.5 Å². The molecule has 1 aliphatic rings. The van der Waals surface area contributed by atoms with Crippen molar-refractivity contribution in [1.82, 2.24) is 24.7 Å². The number of hydrogen-bond donors (Lipinski definition) is 1. The van der Waals surface area contributed by atoms with E-state index in [1.165, 1.54) is 38.1 Å². The number of rotatable bonds is 9. The van der Waals surface area contributed by atoms with Crippen LogP contribution in [0.5, 0.6) is 11.5 Å². The Morgan fingerprint density at radius 2 is 1.73 bits per heavy atom. The molecule has 3 aromatic rings. The van der Waals surface area contributed by atoms with Gasteiger partial charge < -0.3 is 9.47 Å². The predicted octanol–water partition coefficient (Wildman–Crippen LogP) is 2.56. The third kappa shape index (κ3) is 5.50. The van der Waals surface area contributed by atoms with Crippen LogP contribution in [0, 0.1) is 0 Å². The molecule has 0 radical (unpaired) electrons. The van der Waals surface area contributed by atoms with Gasteiger partial charge in [0.15, 0.2) is 9.84 Å². The van der Waals surface area contributed by atoms with E-state index in [0.717, 1.165) is 0 Å². The van der Waals surface area contributed by atoms with Crippen LogP contribution < -0.4 is 14.2 Å². The average molecular weight is 571 g/mol. The second-order valence-electron chi connectivity index (χ2n) is 8.73. The molecule has 1 N–H and O–H groups in total. The van der Waals surface area contributed by atoms with E-state index in [4.69, 9.17) is 21.1 Å². The maximum Gasteiger partial charge on any atom is 0.243 e. The summed E-state index contributed by atoms with van der Waals surface area (Å²) in [5, 5.41) is 7.69. The van der Waals surface area contributed by atoms with Crippen molar-refractivity contribution in [2.75, 3.05) is 30.4 Å². The van der Waals surface area contributed by atoms with Gasteiger partial charge in [-0.1, -0.05) is 24.6 Å². The summed E-state index contributed by atoms with van der Waals surface area (Å²) in [6.45, 7) is 3.22. The molecule has 4 rings (SSSR count). The Balaban J connectivity index is 1.79. The van der Waals surface area contributed by atoms with Crippen molar-refractivity contribution in [2.45, 2.75) is 37.4 Å². The van der Waals surface area contributed by atoms with Gasteiger partial charge in [0.2, 0.25) is 16.0 Å². The molecule has 2 aromatic heterocycles. The summed E-state index contributed by atoms with van der Waals surface area (Å²) >= 11 is 5.86. The standard InChI is InChI=1S/C22H27ClN6O6S2/c1-13(20-24-10-16(23)11-25-20)14(2)37(32,33)28-22-27-26-21(15-8-9-36(30,31)12-15)29(22)19-17(34-3)6-5-7-18(19)35-4/h5-7,10-11,13-15H,8-9,12H2,1-4H3,(H,27,28)/t13?,14?,15-/m0/s1. The van der Waals surface area contributed by atoms with Crippen molar-refractivity contribution in [1.29, 1.82) is 0 Å². The lowest BCUT2D eigenvalue weighted by Crippen LogP contribution is -2.31. The lowest BCUT2D eigenvalue weighted by molar-refractivity contribution is 0.390. The van der Waals surface area contributed by atoms with Gasteiger partial charge in [0, 0.05) is 24.2 Å². The number of halogens is 1. The molecule has 1 fully saturated rings. The fraction of sp³-hybridized carbons (Fsp3) is 0.455. The van der Waals surface area contributed by atoms with Crippen LogP contribution >= 0.6 is 11.6 Å². The number of methoxy groups -OCH3 is 2. The first kappa shape index (κ1) is 27.1. The third-order valence-corrected chi connectivity index (χ3v) is 10.2. The highest BCUT2D eigenvalue weighted by atomic mass is 35.5. The molecule has 3 atom stereocenters. The van der Waals surface area contributed by atoms with E-state index in [0.29, 0.717) is 34.5 Å². The molecule has 12 nitrogen and oxygen atoms in total. The Morgan fingerprint density at radius 1 is 1.11 bits per heavy atom. The topological polar surface area (TPSA) is 155 Å². The van der Waals surface area contributed by atoms with Crippen LogP contribution in [-0.4, -0.2) is 72.5 Å². The Kier molecular flexibility index (Phi) is 7.62. The predicted molar refractivity (Wildman–Crippen MR) is 138 cm³/mol. The van der Waals surface area contributed by atoms with Gasteiger partial charge in [0.1, 0.15) is 28.8 Å². The first-order valence-electron chi connectivity index (χ1n) is 11.3. The molecule has 1 aliphatic heterocycles. The van der Waals surface area contributed by atoms with E-state index in [1.54, 1.807) is 25.1 Å². The second kappa shape index (κ2) is 10.4. The zero-order valence-electron chi connectivity index (χ0n) is 20.6. The van der Waals surface area contributed by atoms with Crippen LogP contribution in [0.3, 0.4) is 0 Å². The van der Waals surface area contributed by atoms with E-state index in [1.807, 2.05) is 0 Å². The van der Waals surface area contributed by atoms with Crippen LogP contribution in [0.4, 0.5) is 5.95 Å². The van der Waals surface area contributed by atoms with Crippen LogP contribution in [0.25, 0.3) is 5.69 Å². The van der Waals surface area contributed by atoms with Crippen molar-refractivity contribution in [3.63, 3.8) is 0 Å². The Labute approximate surface area is 220 Å². The smallest absolute Gasteiger partial charge is 0.243 e. The summed E-state index contributed by atoms with van der Waals surface area (Å²) in [5.41, 5.74) is 0.344. The summed E-state index contributed by atoms with van der Waals surface area (Å²) in [4.78, 5) is 8.28. The van der Waals surface area contributed by atoms with Gasteiger partial charge in [-0.25, -0.2) is 26.8 Å². The average Bonchev–Trinajstić information content (AvgIpc) is 3.44. The number of sulfone groups is 1. The zero-order valence-corrected chi connectivity index (χ0v) is 23.0. The normalized spacial score (nSPS) is 18.8. The van der Waals surface area contributed by atoms with Crippen molar-refractivity contribution in [3.05, 3.63) is 47.3 Å². The van der Waals surface area contributed by atoms with E-state index in [2.05, 4.69) is 24.9 Å². The van der Waals surface area contributed by atoms with Crippen LogP contribution in [0.2, 0.25) is 5.02 Å². The SMILES string of the molecule is COc1cccc(OC)c1-n1c(NS(=O)(=O)C(C)C(C)c2ncc(Cl)cn2)nnc1[C@H]1CCS(=O)(=O)C1. The summed E-state index contributed by atoms with van der Waals surface area (Å²) < 4.78 is 66.4. The molecular weight excluding hydrogens is 544 g/mol. The van der Waals surface area contributed by atoms with Gasteiger partial charge in [0.05, 0.1) is 36.0 Å². The van der Waals surface area contributed by atoms with Crippen molar-refractivity contribution >= 4 is 37.4 Å². The highest BCUT2D eigenvalue weighted by molar-refractivity contribution is 7.93. The van der Waals surface area contributed by atoms with Crippen molar-refractivity contribution in [2.24, 2.45) is 0 Å². The molecule has 0 aliphatic carbocycles. The van der Waals surface area contributed by atoms with Gasteiger partial charge in [0.25, 0.3) is 0 Å². The Morgan fingerprint density at radius 3 is 2.27 bits per heavy atom. The maximum atomic E-state index is 13.5. The molecular formula is C22H27ClN6O6S2. The molecule has 15 heteroatoms. The van der Waals surface area contributed by atoms with E-state index in [9.17, 15) is 16.8 Å². The first-order chi connectivity index (χ1) is 17.5. The van der Waals surface area contributed by atoms with Gasteiger partial charge in [-0.2, -0.15) is 0 Å². The summed E-state index contributed by atoms with van der Waals surface area (Å²) in [5.74, 6) is -0.0274. The molecule has 0 amide bonds. The number of aromatic nitrogens is 5. The van der Waals surface area contributed by atoms with Gasteiger partial charge in [-0.15, -0.1) is 10.2 Å². The number of sulfonamides is 1. The zero-order chi connectivity index (χ0) is 27.0. The Bertz CT molecular complexity index is 1470. The molecule has 2 unspecified atom stereocenters. The summed E-state index contributed by atoms with van der Waals surface area (Å²) in [7, 11) is -4.40. The molecule has 0 saturated carbocycles. The van der Waals surface area contributed by atoms with Crippen molar-refractivity contribution in [3.8, 4) is 17.2 Å². The quantitative estimate of drug-likeness (QED) is 0.405. The number of hydrogen-bond acceptors (Lipinski definition) is 10. The first-order valence-corrected chi connectivity index (χ1v) is 15.1. The Hall–Kier alpha value is -2.97. The fourth-order valence-corrected chi connectivity index (χ4v) is 7.22. The molecule has 0 bridgehead atoms. The fourth-order valence-electron chi connectivity index (χ4n) is 4.15. The minimum Gasteiger partial charge on any atom is -0.494 e. The highest BCUT2D eigenvalue weighted by Crippen LogP contribution is 2.39. The number of nitrogens with one attached hydrogen (secondary N) is 1. The molecule has 0 spiro atoms. The number of benzene rings is 1. The van der Waals surface area contributed by atoms with E-state index in [-0.39, 0.29) is 23.3 Å². The monoisotopic (exact) mass is 570 g/mol. The molecule has 1 aromatic carbocycles. The van der Waals surface area contributed by atoms with Crippen LogP contribution in [-0.2, 0) is 19.9 Å². The summed E-state index contributed by atoms with van der Waals surface area (Å²) in [6.07, 6.45) is 3.13. The highest BCUT2D eigenvalue weighted by Gasteiger charge is 2.37. The number of nitrogens with zero attached hydrogens (tertiary/aromatic N) is 5. The lowest BCUT2D eigenvalue weighted by atomic mass is 10.1. The molecule has 3 heterocycles. The van der Waals surface area contributed by atoms with Gasteiger partial charge in [-0.3, -0.25) is 9.29 Å². The largest absolute Gasteiger partial charge is 0.494 e. The van der Waals surface area contributed by atoms with Crippen LogP contribution in [0.1, 0.15) is 43.8 Å². The second-order valence-corrected chi connectivity index (χ2v) is 13.4. The van der Waals surface area contributed by atoms with Gasteiger partial charge >= 0.3 is 0 Å². The minimum atomic E-state index is -4.06. The number of ether oxygens (including phenoxy) is 2. The van der Waals surface area contributed by atoms with E-state index >= 15 is 0 Å². The maximum absolute atomic E-state index is 13.5. The van der Waals surface area contributed by atoms with Crippen LogP contribution in [0.15, 0.2) is 30.6 Å². The lowest BCUT2D eigenvalue weighted by Gasteiger charge is -2.22. The number of para-hydroxylation sites is 1. The molecule has 1 saturated heterocycles.